The van der Waals surface area contributed by atoms with E-state index in [0.29, 0.717) is 22.8 Å². The van der Waals surface area contributed by atoms with Gasteiger partial charge in [0.2, 0.25) is 5.78 Å². The molecular formula is C17H13BrO3. The van der Waals surface area contributed by atoms with Crippen molar-refractivity contribution < 1.29 is 14.3 Å². The number of hydrogen-bond donors (Lipinski definition) is 0. The minimum absolute atomic E-state index is 0.0925. The van der Waals surface area contributed by atoms with Crippen LogP contribution in [0.5, 0.6) is 11.5 Å². The molecule has 1 aliphatic rings. The number of ketones is 1. The van der Waals surface area contributed by atoms with E-state index in [2.05, 4.69) is 15.9 Å². The molecule has 0 radical (unpaired) electrons. The fourth-order valence-corrected chi connectivity index (χ4v) is 2.76. The average molecular weight is 345 g/mol. The molecule has 0 bridgehead atoms. The Balaban J connectivity index is 2.02. The molecule has 0 atom stereocenters. The number of allylic oxidation sites excluding steroid dienone is 1. The Labute approximate surface area is 131 Å². The van der Waals surface area contributed by atoms with E-state index in [1.54, 1.807) is 19.3 Å². The van der Waals surface area contributed by atoms with Gasteiger partial charge in [0, 0.05) is 10.5 Å². The molecular weight excluding hydrogens is 332 g/mol. The summed E-state index contributed by atoms with van der Waals surface area (Å²) < 4.78 is 11.9. The van der Waals surface area contributed by atoms with Crippen molar-refractivity contribution in [3.8, 4) is 11.5 Å². The maximum Gasteiger partial charge on any atom is 0.232 e. The van der Waals surface area contributed by atoms with E-state index in [1.807, 2.05) is 37.3 Å². The molecule has 0 unspecified atom stereocenters. The van der Waals surface area contributed by atoms with Crippen molar-refractivity contribution in [2.75, 3.05) is 7.11 Å². The summed E-state index contributed by atoms with van der Waals surface area (Å²) in [5.74, 6) is 1.48. The van der Waals surface area contributed by atoms with Gasteiger partial charge in [0.1, 0.15) is 11.5 Å². The number of halogens is 1. The second-order valence-corrected chi connectivity index (χ2v) is 5.73. The highest BCUT2D eigenvalue weighted by Crippen LogP contribution is 2.37. The lowest BCUT2D eigenvalue weighted by atomic mass is 10.0. The second-order valence-electron chi connectivity index (χ2n) is 4.81. The van der Waals surface area contributed by atoms with Crippen molar-refractivity contribution in [1.29, 1.82) is 0 Å². The molecule has 0 N–H and O–H groups in total. The molecule has 2 aromatic rings. The fourth-order valence-electron chi connectivity index (χ4n) is 2.34. The molecule has 0 spiro atoms. The molecule has 0 saturated heterocycles. The predicted octanol–water partition coefficient (Wildman–Crippen LogP) is 4.38. The van der Waals surface area contributed by atoms with Crippen LogP contribution in [0.25, 0.3) is 6.08 Å². The highest BCUT2D eigenvalue weighted by molar-refractivity contribution is 9.10. The quantitative estimate of drug-likeness (QED) is 0.758. The van der Waals surface area contributed by atoms with Gasteiger partial charge in [-0.1, -0.05) is 28.1 Å². The van der Waals surface area contributed by atoms with E-state index in [4.69, 9.17) is 9.47 Å². The molecule has 106 valence electrons. The number of benzene rings is 2. The van der Waals surface area contributed by atoms with Gasteiger partial charge in [0.05, 0.1) is 12.7 Å². The van der Waals surface area contributed by atoms with Crippen molar-refractivity contribution in [2.45, 2.75) is 6.92 Å². The molecule has 0 aliphatic carbocycles. The summed E-state index contributed by atoms with van der Waals surface area (Å²) in [7, 11) is 1.59. The fraction of sp³-hybridized carbons (Fsp3) is 0.118. The number of carbonyl (C=O) groups excluding carboxylic acids is 1. The van der Waals surface area contributed by atoms with Gasteiger partial charge in [-0.05, 0) is 42.3 Å². The first-order valence-electron chi connectivity index (χ1n) is 6.47. The third kappa shape index (κ3) is 2.59. The molecule has 1 aliphatic heterocycles. The molecule has 2 aromatic carbocycles. The summed E-state index contributed by atoms with van der Waals surface area (Å²) in [5, 5.41) is 0. The summed E-state index contributed by atoms with van der Waals surface area (Å²) in [4.78, 5) is 12.5. The van der Waals surface area contributed by atoms with Crippen LogP contribution in [0.15, 0.2) is 46.6 Å². The average Bonchev–Trinajstić information content (AvgIpc) is 2.75. The zero-order valence-electron chi connectivity index (χ0n) is 11.6. The molecule has 3 rings (SSSR count). The summed E-state index contributed by atoms with van der Waals surface area (Å²) in [6, 6.07) is 11.3. The Hall–Kier alpha value is -2.07. The Kier molecular flexibility index (Phi) is 3.55. The third-order valence-electron chi connectivity index (χ3n) is 3.33. The van der Waals surface area contributed by atoms with Crippen LogP contribution in [-0.4, -0.2) is 12.9 Å². The third-order valence-corrected chi connectivity index (χ3v) is 3.82. The molecule has 3 nitrogen and oxygen atoms in total. The van der Waals surface area contributed by atoms with E-state index in [-0.39, 0.29) is 5.78 Å². The normalized spacial score (nSPS) is 15.0. The monoisotopic (exact) mass is 344 g/mol. The topological polar surface area (TPSA) is 35.5 Å². The minimum Gasteiger partial charge on any atom is -0.497 e. The van der Waals surface area contributed by atoms with Gasteiger partial charge in [-0.3, -0.25) is 4.79 Å². The second kappa shape index (κ2) is 5.37. The van der Waals surface area contributed by atoms with E-state index >= 15 is 0 Å². The van der Waals surface area contributed by atoms with Crippen molar-refractivity contribution >= 4 is 27.8 Å². The van der Waals surface area contributed by atoms with Crippen molar-refractivity contribution in [3.05, 3.63) is 63.3 Å². The highest BCUT2D eigenvalue weighted by atomic mass is 79.9. The first kappa shape index (κ1) is 13.9. The first-order valence-corrected chi connectivity index (χ1v) is 7.26. The lowest BCUT2D eigenvalue weighted by molar-refractivity contribution is 0.101. The predicted molar refractivity (Wildman–Crippen MR) is 84.8 cm³/mol. The maximum absolute atomic E-state index is 12.5. The highest BCUT2D eigenvalue weighted by Gasteiger charge is 2.29. The Bertz CT molecular complexity index is 763. The molecule has 21 heavy (non-hydrogen) atoms. The van der Waals surface area contributed by atoms with Crippen molar-refractivity contribution in [3.63, 3.8) is 0 Å². The lowest BCUT2D eigenvalue weighted by Crippen LogP contribution is -1.99. The smallest absolute Gasteiger partial charge is 0.232 e. The number of hydrogen-bond acceptors (Lipinski definition) is 3. The van der Waals surface area contributed by atoms with Crippen LogP contribution in [0.4, 0.5) is 0 Å². The number of rotatable bonds is 2. The number of ether oxygens (including phenoxy) is 2. The molecule has 0 aromatic heterocycles. The molecule has 1 heterocycles. The van der Waals surface area contributed by atoms with E-state index < -0.39 is 0 Å². The van der Waals surface area contributed by atoms with Crippen molar-refractivity contribution in [2.24, 2.45) is 0 Å². The van der Waals surface area contributed by atoms with Crippen LogP contribution in [-0.2, 0) is 0 Å². The Morgan fingerprint density at radius 1 is 1.24 bits per heavy atom. The maximum atomic E-state index is 12.5. The van der Waals surface area contributed by atoms with Crippen LogP contribution >= 0.6 is 15.9 Å². The summed E-state index contributed by atoms with van der Waals surface area (Å²) in [6.45, 7) is 1.88. The van der Waals surface area contributed by atoms with Gasteiger partial charge >= 0.3 is 0 Å². The molecule has 0 saturated carbocycles. The van der Waals surface area contributed by atoms with Crippen LogP contribution in [0.3, 0.4) is 0 Å². The Morgan fingerprint density at radius 2 is 2.05 bits per heavy atom. The minimum atomic E-state index is -0.0925. The molecule has 4 heteroatoms. The van der Waals surface area contributed by atoms with Gasteiger partial charge in [-0.25, -0.2) is 0 Å². The van der Waals surface area contributed by atoms with Crippen LogP contribution in [0.1, 0.15) is 21.5 Å². The number of fused-ring (bicyclic) bond motifs is 1. The van der Waals surface area contributed by atoms with Crippen LogP contribution < -0.4 is 9.47 Å². The van der Waals surface area contributed by atoms with Crippen LogP contribution in [0, 0.1) is 6.92 Å². The summed E-state index contributed by atoms with van der Waals surface area (Å²) in [6.07, 6.45) is 1.75. The van der Waals surface area contributed by atoms with Gasteiger partial charge in [-0.2, -0.15) is 0 Å². The van der Waals surface area contributed by atoms with Crippen molar-refractivity contribution in [1.82, 2.24) is 0 Å². The first-order chi connectivity index (χ1) is 10.1. The SMILES string of the molecule is COc1cc(C)c2c(c1)O/C(=C\c1cccc(Br)c1)C2=O. The molecule has 0 amide bonds. The van der Waals surface area contributed by atoms with E-state index in [0.717, 1.165) is 15.6 Å². The summed E-state index contributed by atoms with van der Waals surface area (Å²) >= 11 is 3.41. The van der Waals surface area contributed by atoms with Gasteiger partial charge in [-0.15, -0.1) is 0 Å². The standard InChI is InChI=1S/C17H13BrO3/c1-10-6-13(20-2)9-14-16(10)17(19)15(21-14)8-11-4-3-5-12(18)7-11/h3-9H,1-2H3/b15-8-. The summed E-state index contributed by atoms with van der Waals surface area (Å²) in [5.41, 5.74) is 2.37. The Morgan fingerprint density at radius 3 is 2.76 bits per heavy atom. The lowest BCUT2D eigenvalue weighted by Gasteiger charge is -2.04. The largest absolute Gasteiger partial charge is 0.497 e. The van der Waals surface area contributed by atoms with Gasteiger partial charge < -0.3 is 9.47 Å². The number of methoxy groups -OCH3 is 1. The number of carbonyl (C=O) groups is 1. The molecule has 0 fully saturated rings. The van der Waals surface area contributed by atoms with Gasteiger partial charge in [0.15, 0.2) is 5.76 Å². The number of aryl methyl sites for hydroxylation is 1. The zero-order valence-corrected chi connectivity index (χ0v) is 13.2. The zero-order chi connectivity index (χ0) is 15.0. The van der Waals surface area contributed by atoms with E-state index in [1.165, 1.54) is 0 Å². The van der Waals surface area contributed by atoms with E-state index in [9.17, 15) is 4.79 Å². The van der Waals surface area contributed by atoms with Crippen LogP contribution in [0.2, 0.25) is 0 Å². The van der Waals surface area contributed by atoms with Gasteiger partial charge in [0.25, 0.3) is 0 Å². The number of Topliss-reactive ketones (excluding diaryl/α,β-unsaturated/α-hetero) is 1.